The molecule has 0 saturated heterocycles. The van der Waals surface area contributed by atoms with Crippen LogP contribution in [0.5, 0.6) is 5.75 Å². The minimum absolute atomic E-state index is 0.0450. The van der Waals surface area contributed by atoms with E-state index >= 15 is 0 Å². The van der Waals surface area contributed by atoms with Gasteiger partial charge in [-0.25, -0.2) is 0 Å². The Hall–Kier alpha value is -1.02. The molecule has 110 valence electrons. The van der Waals surface area contributed by atoms with Crippen LogP contribution in [0.1, 0.15) is 57.6 Å². The molecule has 1 saturated carbocycles. The van der Waals surface area contributed by atoms with Gasteiger partial charge in [0.05, 0.1) is 0 Å². The predicted molar refractivity (Wildman–Crippen MR) is 83.1 cm³/mol. The van der Waals surface area contributed by atoms with Gasteiger partial charge in [0, 0.05) is 24.6 Å². The summed E-state index contributed by atoms with van der Waals surface area (Å²) in [6, 6.07) is 7.24. The van der Waals surface area contributed by atoms with Crippen molar-refractivity contribution in [2.75, 3.05) is 0 Å². The first-order valence-electron chi connectivity index (χ1n) is 8.10. The molecule has 1 unspecified atom stereocenters. The first-order valence-corrected chi connectivity index (χ1v) is 8.10. The second-order valence-electron chi connectivity index (χ2n) is 7.11. The van der Waals surface area contributed by atoms with Gasteiger partial charge >= 0.3 is 0 Å². The Labute approximate surface area is 122 Å². The second kappa shape index (κ2) is 5.40. The standard InChI is InChI=1S/C18H27NO/c1-4-16(10-13-8-9-13)19-12-15-7-5-6-14-11-18(2,3)20-17(14)15/h5-7,13,16,19H,4,8-12H2,1-3H3. The highest BCUT2D eigenvalue weighted by Gasteiger charge is 2.31. The average molecular weight is 273 g/mol. The second-order valence-corrected chi connectivity index (χ2v) is 7.11. The van der Waals surface area contributed by atoms with Crippen LogP contribution < -0.4 is 10.1 Å². The fourth-order valence-corrected chi connectivity index (χ4v) is 3.22. The van der Waals surface area contributed by atoms with E-state index in [0.29, 0.717) is 6.04 Å². The maximum atomic E-state index is 6.14. The zero-order chi connectivity index (χ0) is 14.2. The van der Waals surface area contributed by atoms with Crippen LogP contribution in [0.15, 0.2) is 18.2 Å². The highest BCUT2D eigenvalue weighted by atomic mass is 16.5. The van der Waals surface area contributed by atoms with E-state index in [9.17, 15) is 0 Å². The molecular formula is C18H27NO. The van der Waals surface area contributed by atoms with Crippen molar-refractivity contribution in [3.8, 4) is 5.75 Å². The van der Waals surface area contributed by atoms with Crippen LogP contribution in [0.25, 0.3) is 0 Å². The molecule has 0 bridgehead atoms. The summed E-state index contributed by atoms with van der Waals surface area (Å²) in [5, 5.41) is 3.73. The molecule has 1 heterocycles. The lowest BCUT2D eigenvalue weighted by Gasteiger charge is -2.20. The molecule has 1 aromatic carbocycles. The van der Waals surface area contributed by atoms with Gasteiger partial charge in [-0.15, -0.1) is 0 Å². The highest BCUT2D eigenvalue weighted by molar-refractivity contribution is 5.45. The van der Waals surface area contributed by atoms with Crippen molar-refractivity contribution < 1.29 is 4.74 Å². The molecule has 20 heavy (non-hydrogen) atoms. The number of benzene rings is 1. The summed E-state index contributed by atoms with van der Waals surface area (Å²) in [6.45, 7) is 7.57. The molecular weight excluding hydrogens is 246 g/mol. The van der Waals surface area contributed by atoms with E-state index in [1.807, 2.05) is 0 Å². The third-order valence-electron chi connectivity index (χ3n) is 4.56. The number of para-hydroxylation sites is 1. The largest absolute Gasteiger partial charge is 0.487 e. The zero-order valence-electron chi connectivity index (χ0n) is 13.0. The molecule has 1 aromatic rings. The first kappa shape index (κ1) is 13.9. The third kappa shape index (κ3) is 3.17. The molecule has 3 rings (SSSR count). The van der Waals surface area contributed by atoms with Crippen LogP contribution in [-0.4, -0.2) is 11.6 Å². The van der Waals surface area contributed by atoms with Crippen molar-refractivity contribution in [1.82, 2.24) is 5.32 Å². The van der Waals surface area contributed by atoms with Crippen LogP contribution in [0, 0.1) is 5.92 Å². The maximum Gasteiger partial charge on any atom is 0.127 e. The van der Waals surface area contributed by atoms with Crippen LogP contribution in [-0.2, 0) is 13.0 Å². The van der Waals surface area contributed by atoms with Crippen molar-refractivity contribution in [3.05, 3.63) is 29.3 Å². The Morgan fingerprint density at radius 1 is 1.35 bits per heavy atom. The molecule has 0 aromatic heterocycles. The van der Waals surface area contributed by atoms with Crippen LogP contribution in [0.3, 0.4) is 0 Å². The molecule has 1 aliphatic carbocycles. The molecule has 1 atom stereocenters. The molecule has 2 aliphatic rings. The summed E-state index contributed by atoms with van der Waals surface area (Å²) in [6.07, 6.45) is 6.47. The van der Waals surface area contributed by atoms with E-state index in [1.165, 1.54) is 36.8 Å². The van der Waals surface area contributed by atoms with Gasteiger partial charge in [0.15, 0.2) is 0 Å². The molecule has 1 fully saturated rings. The summed E-state index contributed by atoms with van der Waals surface area (Å²) >= 11 is 0. The fourth-order valence-electron chi connectivity index (χ4n) is 3.22. The summed E-state index contributed by atoms with van der Waals surface area (Å²) in [7, 11) is 0. The first-order chi connectivity index (χ1) is 9.57. The van der Waals surface area contributed by atoms with E-state index in [0.717, 1.165) is 24.6 Å². The Morgan fingerprint density at radius 3 is 2.85 bits per heavy atom. The minimum Gasteiger partial charge on any atom is -0.487 e. The quantitative estimate of drug-likeness (QED) is 0.843. The number of ether oxygens (including phenoxy) is 1. The van der Waals surface area contributed by atoms with E-state index in [1.54, 1.807) is 0 Å². The molecule has 0 radical (unpaired) electrons. The number of rotatable bonds is 6. The molecule has 0 spiro atoms. The molecule has 1 N–H and O–H groups in total. The van der Waals surface area contributed by atoms with Crippen molar-refractivity contribution in [3.63, 3.8) is 0 Å². The monoisotopic (exact) mass is 273 g/mol. The predicted octanol–water partition coefficient (Wildman–Crippen LogP) is 4.07. The van der Waals surface area contributed by atoms with Gasteiger partial charge < -0.3 is 10.1 Å². The van der Waals surface area contributed by atoms with Gasteiger partial charge in [-0.2, -0.15) is 0 Å². The van der Waals surface area contributed by atoms with E-state index < -0.39 is 0 Å². The lowest BCUT2D eigenvalue weighted by molar-refractivity contribution is 0.137. The highest BCUT2D eigenvalue weighted by Crippen LogP contribution is 2.38. The fraction of sp³-hybridized carbons (Fsp3) is 0.667. The van der Waals surface area contributed by atoms with Gasteiger partial charge in [0.25, 0.3) is 0 Å². The Morgan fingerprint density at radius 2 is 2.15 bits per heavy atom. The summed E-state index contributed by atoms with van der Waals surface area (Å²) in [5.74, 6) is 2.12. The Balaban J connectivity index is 1.64. The number of hydrogen-bond donors (Lipinski definition) is 1. The van der Waals surface area contributed by atoms with E-state index in [-0.39, 0.29) is 5.60 Å². The number of nitrogens with one attached hydrogen (secondary N) is 1. The zero-order valence-corrected chi connectivity index (χ0v) is 13.0. The van der Waals surface area contributed by atoms with Crippen molar-refractivity contribution in [2.45, 2.75) is 71.1 Å². The number of fused-ring (bicyclic) bond motifs is 1. The van der Waals surface area contributed by atoms with Gasteiger partial charge in [-0.05, 0) is 38.2 Å². The smallest absolute Gasteiger partial charge is 0.127 e. The van der Waals surface area contributed by atoms with Gasteiger partial charge in [-0.1, -0.05) is 38.0 Å². The minimum atomic E-state index is -0.0450. The third-order valence-corrected chi connectivity index (χ3v) is 4.56. The van der Waals surface area contributed by atoms with Crippen LogP contribution >= 0.6 is 0 Å². The van der Waals surface area contributed by atoms with E-state index in [4.69, 9.17) is 4.74 Å². The van der Waals surface area contributed by atoms with Gasteiger partial charge in [0.1, 0.15) is 11.4 Å². The topological polar surface area (TPSA) is 21.3 Å². The summed E-state index contributed by atoms with van der Waals surface area (Å²) in [4.78, 5) is 0. The lowest BCUT2D eigenvalue weighted by Crippen LogP contribution is -2.29. The average Bonchev–Trinajstić information content (AvgIpc) is 3.15. The summed E-state index contributed by atoms with van der Waals surface area (Å²) < 4.78 is 6.14. The molecule has 0 amide bonds. The van der Waals surface area contributed by atoms with Gasteiger partial charge in [0.2, 0.25) is 0 Å². The SMILES string of the molecule is CCC(CC1CC1)NCc1cccc2c1OC(C)(C)C2. The Kier molecular flexibility index (Phi) is 3.76. The van der Waals surface area contributed by atoms with Crippen molar-refractivity contribution in [2.24, 2.45) is 5.92 Å². The van der Waals surface area contributed by atoms with Crippen molar-refractivity contribution in [1.29, 1.82) is 0 Å². The number of hydrogen-bond acceptors (Lipinski definition) is 2. The van der Waals surface area contributed by atoms with Gasteiger partial charge in [-0.3, -0.25) is 0 Å². The summed E-state index contributed by atoms with van der Waals surface area (Å²) in [5.41, 5.74) is 2.64. The van der Waals surface area contributed by atoms with E-state index in [2.05, 4.69) is 44.3 Å². The van der Waals surface area contributed by atoms with Crippen LogP contribution in [0.2, 0.25) is 0 Å². The lowest BCUT2D eigenvalue weighted by atomic mass is 10.0. The maximum absolute atomic E-state index is 6.14. The molecule has 1 aliphatic heterocycles. The normalized spacial score (nSPS) is 21.4. The molecule has 2 nitrogen and oxygen atoms in total. The van der Waals surface area contributed by atoms with Crippen LogP contribution in [0.4, 0.5) is 0 Å². The molecule has 2 heteroatoms. The van der Waals surface area contributed by atoms with Crippen molar-refractivity contribution >= 4 is 0 Å². The Bertz CT molecular complexity index is 476.